The zero-order valence-corrected chi connectivity index (χ0v) is 23.5. The van der Waals surface area contributed by atoms with E-state index < -0.39 is 0 Å². The van der Waals surface area contributed by atoms with Crippen molar-refractivity contribution in [2.75, 3.05) is 0 Å². The summed E-state index contributed by atoms with van der Waals surface area (Å²) in [5.74, 6) is 2.13. The molecule has 0 aliphatic heterocycles. The molecule has 8 rings (SSSR count). The van der Waals surface area contributed by atoms with E-state index in [0.29, 0.717) is 0 Å². The molecule has 0 saturated heterocycles. The lowest BCUT2D eigenvalue weighted by Crippen LogP contribution is -2.11. The second-order valence-electron chi connectivity index (χ2n) is 14.1. The Kier molecular flexibility index (Phi) is 14.4. The molecular formula is C38H72. The summed E-state index contributed by atoms with van der Waals surface area (Å²) in [6.07, 6.45) is 31.8. The van der Waals surface area contributed by atoms with Crippen LogP contribution < -0.4 is 0 Å². The molecule has 0 N–H and O–H groups in total. The molecule has 8 aliphatic carbocycles. The standard InChI is InChI=1S/C11H16.C10H16.C6H10.C5H10.C2H4.4CH4/c1-9-3-6-10-4-2-5-11(10,7-9)8-10;1-8-5-9-3-2-4-10(9,6-8)7-9;1-6-4-2-3-5-6;1-5-3-2-4-5;1-2;;;;/h3H,2,4-8H2,1H3;8H,2-7H2,1H3;4H,2-3,5H2,1H3;5H,2-4H2,1H3;1-2H2;4*1H4. The van der Waals surface area contributed by atoms with E-state index >= 15 is 0 Å². The minimum absolute atomic E-state index is 0. The Balaban J connectivity index is 0.000000472. The van der Waals surface area contributed by atoms with E-state index in [9.17, 15) is 0 Å². The highest BCUT2D eigenvalue weighted by Gasteiger charge is 2.72. The minimum Gasteiger partial charge on any atom is -0.106 e. The number of rotatable bonds is 0. The molecule has 0 aromatic heterocycles. The van der Waals surface area contributed by atoms with Gasteiger partial charge in [-0.15, -0.1) is 13.2 Å². The molecule has 4 atom stereocenters. The lowest BCUT2D eigenvalue weighted by molar-refractivity contribution is 0.346. The first-order valence-electron chi connectivity index (χ1n) is 15.1. The average molecular weight is 529 g/mol. The Morgan fingerprint density at radius 3 is 1.55 bits per heavy atom. The van der Waals surface area contributed by atoms with Crippen molar-refractivity contribution < 1.29 is 0 Å². The lowest BCUT2D eigenvalue weighted by atomic mass is 9.83. The molecule has 6 fully saturated rings. The Morgan fingerprint density at radius 2 is 1.13 bits per heavy atom. The Labute approximate surface area is 242 Å². The van der Waals surface area contributed by atoms with Gasteiger partial charge in [-0.3, -0.25) is 0 Å². The van der Waals surface area contributed by atoms with E-state index in [1.807, 2.05) is 0 Å². The van der Waals surface area contributed by atoms with Gasteiger partial charge in [0.25, 0.3) is 0 Å². The molecule has 0 radical (unpaired) electrons. The Morgan fingerprint density at radius 1 is 0.632 bits per heavy atom. The molecule has 0 aromatic carbocycles. The van der Waals surface area contributed by atoms with Crippen LogP contribution in [0.5, 0.6) is 0 Å². The Hall–Kier alpha value is -0.780. The van der Waals surface area contributed by atoms with Crippen LogP contribution in [-0.2, 0) is 0 Å². The van der Waals surface area contributed by atoms with Crippen LogP contribution in [0.1, 0.15) is 173 Å². The molecule has 8 aliphatic rings. The number of hydrogen-bond donors (Lipinski definition) is 0. The largest absolute Gasteiger partial charge is 0.106 e. The number of hydrogen-bond acceptors (Lipinski definition) is 0. The third-order valence-electron chi connectivity index (χ3n) is 11.6. The van der Waals surface area contributed by atoms with Gasteiger partial charge in [-0.2, -0.15) is 0 Å². The quantitative estimate of drug-likeness (QED) is 0.274. The molecule has 0 heteroatoms. The summed E-state index contributed by atoms with van der Waals surface area (Å²) in [4.78, 5) is 0. The van der Waals surface area contributed by atoms with Crippen LogP contribution in [0.3, 0.4) is 0 Å². The molecule has 0 bridgehead atoms. The summed E-state index contributed by atoms with van der Waals surface area (Å²) in [7, 11) is 0. The van der Waals surface area contributed by atoms with E-state index in [1.54, 1.807) is 56.1 Å². The second-order valence-corrected chi connectivity index (χ2v) is 14.1. The van der Waals surface area contributed by atoms with Crippen molar-refractivity contribution in [2.45, 2.75) is 173 Å². The van der Waals surface area contributed by atoms with Gasteiger partial charge in [0.2, 0.25) is 0 Å². The van der Waals surface area contributed by atoms with Crippen LogP contribution in [0.2, 0.25) is 0 Å². The van der Waals surface area contributed by atoms with Crippen molar-refractivity contribution in [3.05, 3.63) is 36.5 Å². The molecule has 0 amide bonds. The fraction of sp³-hybridized carbons (Fsp3) is 0.842. The molecular weight excluding hydrogens is 456 g/mol. The first kappa shape index (κ1) is 37.2. The summed E-state index contributed by atoms with van der Waals surface area (Å²) in [5.41, 5.74) is 6.77. The first-order chi connectivity index (χ1) is 16.3. The zero-order valence-electron chi connectivity index (χ0n) is 23.5. The zero-order chi connectivity index (χ0) is 24.5. The van der Waals surface area contributed by atoms with Gasteiger partial charge in [-0.1, -0.05) is 99.0 Å². The summed E-state index contributed by atoms with van der Waals surface area (Å²) in [6, 6.07) is 0. The maximum Gasteiger partial charge on any atom is -0.0195 e. The van der Waals surface area contributed by atoms with Crippen molar-refractivity contribution in [2.24, 2.45) is 33.5 Å². The van der Waals surface area contributed by atoms with Crippen LogP contribution >= 0.6 is 0 Å². The van der Waals surface area contributed by atoms with Gasteiger partial charge in [-0.05, 0) is 131 Å². The summed E-state index contributed by atoms with van der Waals surface area (Å²) >= 11 is 0. The maximum absolute atomic E-state index is 3.00. The van der Waals surface area contributed by atoms with Crippen molar-refractivity contribution in [3.8, 4) is 0 Å². The van der Waals surface area contributed by atoms with Crippen LogP contribution in [0.25, 0.3) is 0 Å². The van der Waals surface area contributed by atoms with Crippen molar-refractivity contribution in [3.63, 3.8) is 0 Å². The van der Waals surface area contributed by atoms with E-state index in [4.69, 9.17) is 0 Å². The molecule has 4 unspecified atom stereocenters. The van der Waals surface area contributed by atoms with Crippen LogP contribution in [0, 0.1) is 33.5 Å². The van der Waals surface area contributed by atoms with Crippen molar-refractivity contribution in [1.82, 2.24) is 0 Å². The van der Waals surface area contributed by atoms with Gasteiger partial charge in [-0.25, -0.2) is 0 Å². The predicted octanol–water partition coefficient (Wildman–Crippen LogP) is 13.5. The third kappa shape index (κ3) is 7.29. The van der Waals surface area contributed by atoms with Gasteiger partial charge >= 0.3 is 0 Å². The summed E-state index contributed by atoms with van der Waals surface area (Å²) < 4.78 is 0. The smallest absolute Gasteiger partial charge is 0.0195 e. The SMILES string of the molecule is C.C.C.C.C=C.CC1=CCC23CCCC2(C1)C3.CC1=CCCC1.CC1CC23CCCC2(C1)C3.CC1CCC1. The highest BCUT2D eigenvalue weighted by Crippen LogP contribution is 2.82. The molecule has 6 saturated carbocycles. The Bertz CT molecular complexity index is 741. The van der Waals surface area contributed by atoms with Gasteiger partial charge in [0.15, 0.2) is 0 Å². The first-order valence-corrected chi connectivity index (χ1v) is 15.1. The predicted molar refractivity (Wildman–Crippen MR) is 177 cm³/mol. The molecule has 224 valence electrons. The van der Waals surface area contributed by atoms with Gasteiger partial charge in [0.05, 0.1) is 0 Å². The minimum atomic E-state index is 0. The topological polar surface area (TPSA) is 0 Å². The monoisotopic (exact) mass is 529 g/mol. The van der Waals surface area contributed by atoms with Crippen LogP contribution in [0.4, 0.5) is 0 Å². The van der Waals surface area contributed by atoms with Crippen LogP contribution in [-0.4, -0.2) is 0 Å². The summed E-state index contributed by atoms with van der Waals surface area (Å²) in [5, 5.41) is 0. The second kappa shape index (κ2) is 14.7. The van der Waals surface area contributed by atoms with E-state index in [2.05, 4.69) is 53.0 Å². The highest BCUT2D eigenvalue weighted by molar-refractivity contribution is 5.28. The van der Waals surface area contributed by atoms with Crippen molar-refractivity contribution in [1.29, 1.82) is 0 Å². The maximum atomic E-state index is 3.00. The molecule has 0 nitrogen and oxygen atoms in total. The fourth-order valence-corrected chi connectivity index (χ4v) is 9.49. The van der Waals surface area contributed by atoms with E-state index in [0.717, 1.165) is 33.5 Å². The van der Waals surface area contributed by atoms with Crippen LogP contribution in [0.15, 0.2) is 36.5 Å². The van der Waals surface area contributed by atoms with E-state index in [-0.39, 0.29) is 29.7 Å². The number of allylic oxidation sites excluding steroid dienone is 4. The summed E-state index contributed by atoms with van der Waals surface area (Å²) in [6.45, 7) is 15.3. The highest BCUT2D eigenvalue weighted by atomic mass is 14.8. The van der Waals surface area contributed by atoms with E-state index in [1.165, 1.54) is 70.6 Å². The third-order valence-corrected chi connectivity index (χ3v) is 11.6. The van der Waals surface area contributed by atoms with Crippen molar-refractivity contribution >= 4 is 0 Å². The fourth-order valence-electron chi connectivity index (χ4n) is 9.49. The molecule has 0 aromatic rings. The van der Waals surface area contributed by atoms with Gasteiger partial charge in [0.1, 0.15) is 0 Å². The van der Waals surface area contributed by atoms with Gasteiger partial charge < -0.3 is 0 Å². The molecule has 38 heavy (non-hydrogen) atoms. The average Bonchev–Trinajstić information content (AvgIpc) is 3.19. The molecule has 0 spiro atoms. The molecule has 0 heterocycles. The van der Waals surface area contributed by atoms with Gasteiger partial charge in [0, 0.05) is 0 Å². The lowest BCUT2D eigenvalue weighted by Gasteiger charge is -2.22. The normalized spacial score (nSPS) is 39.0.